The van der Waals surface area contributed by atoms with Crippen molar-refractivity contribution in [2.45, 2.75) is 20.3 Å². The van der Waals surface area contributed by atoms with Gasteiger partial charge in [0.15, 0.2) is 5.82 Å². The van der Waals surface area contributed by atoms with E-state index in [0.29, 0.717) is 26.1 Å². The molecule has 0 unspecified atom stereocenters. The molecule has 1 saturated heterocycles. The Balaban J connectivity index is 1.51. The first-order chi connectivity index (χ1) is 11.7. The third-order valence-electron chi connectivity index (χ3n) is 4.16. The van der Waals surface area contributed by atoms with Gasteiger partial charge in [-0.05, 0) is 31.5 Å². The number of ether oxygens (including phenoxy) is 1. The van der Waals surface area contributed by atoms with Gasteiger partial charge in [-0.25, -0.2) is 0 Å². The van der Waals surface area contributed by atoms with Crippen LogP contribution in [0.3, 0.4) is 0 Å². The summed E-state index contributed by atoms with van der Waals surface area (Å²) in [6.07, 6.45) is 0.426. The van der Waals surface area contributed by atoms with Gasteiger partial charge in [-0.3, -0.25) is 4.79 Å². The smallest absolute Gasteiger partial charge is 0.227 e. The van der Waals surface area contributed by atoms with E-state index < -0.39 is 0 Å². The Labute approximate surface area is 142 Å². The molecule has 0 N–H and O–H groups in total. The first-order valence-electron chi connectivity index (χ1n) is 8.33. The molecule has 0 radical (unpaired) electrons. The summed E-state index contributed by atoms with van der Waals surface area (Å²) in [6, 6.07) is 9.67. The van der Waals surface area contributed by atoms with Crippen molar-refractivity contribution in [1.82, 2.24) is 10.1 Å². The molecule has 1 aliphatic rings. The second-order valence-corrected chi connectivity index (χ2v) is 5.92. The Kier molecular flexibility index (Phi) is 5.03. The Bertz CT molecular complexity index is 673. The predicted octanol–water partition coefficient (Wildman–Crippen LogP) is 2.27. The second-order valence-electron chi connectivity index (χ2n) is 5.92. The van der Waals surface area contributed by atoms with Crippen molar-refractivity contribution in [1.29, 1.82) is 0 Å². The van der Waals surface area contributed by atoms with Crippen molar-refractivity contribution in [3.8, 4) is 5.75 Å². The SMILES string of the molecule is CCOc1ccc(CC(=O)N2CCN(c3cc(C)on3)CC2)cc1. The van der Waals surface area contributed by atoms with Crippen LogP contribution in [0.25, 0.3) is 0 Å². The molecule has 1 aliphatic heterocycles. The number of rotatable bonds is 5. The van der Waals surface area contributed by atoms with Crippen molar-refractivity contribution in [2.75, 3.05) is 37.7 Å². The van der Waals surface area contributed by atoms with E-state index in [1.165, 1.54) is 0 Å². The lowest BCUT2D eigenvalue weighted by atomic mass is 10.1. The predicted molar refractivity (Wildman–Crippen MR) is 91.3 cm³/mol. The van der Waals surface area contributed by atoms with Gasteiger partial charge in [0.2, 0.25) is 5.91 Å². The van der Waals surface area contributed by atoms with E-state index in [-0.39, 0.29) is 5.91 Å². The van der Waals surface area contributed by atoms with Crippen LogP contribution in [0.2, 0.25) is 0 Å². The van der Waals surface area contributed by atoms with E-state index in [0.717, 1.165) is 36.0 Å². The monoisotopic (exact) mass is 329 g/mol. The Morgan fingerprint density at radius 1 is 1.21 bits per heavy atom. The van der Waals surface area contributed by atoms with E-state index in [9.17, 15) is 4.79 Å². The molecule has 1 aromatic heterocycles. The van der Waals surface area contributed by atoms with Crippen molar-refractivity contribution < 1.29 is 14.1 Å². The summed E-state index contributed by atoms with van der Waals surface area (Å²) >= 11 is 0. The fraction of sp³-hybridized carbons (Fsp3) is 0.444. The first kappa shape index (κ1) is 16.4. The summed E-state index contributed by atoms with van der Waals surface area (Å²) in [5.41, 5.74) is 1.01. The van der Waals surface area contributed by atoms with Crippen LogP contribution >= 0.6 is 0 Å². The normalized spacial score (nSPS) is 14.8. The number of aromatic nitrogens is 1. The maximum absolute atomic E-state index is 12.5. The molecule has 2 heterocycles. The lowest BCUT2D eigenvalue weighted by Gasteiger charge is -2.34. The fourth-order valence-corrected chi connectivity index (χ4v) is 2.84. The number of aryl methyl sites for hydroxylation is 1. The zero-order chi connectivity index (χ0) is 16.9. The molecule has 2 aromatic rings. The van der Waals surface area contributed by atoms with E-state index in [2.05, 4.69) is 10.1 Å². The molecule has 0 atom stereocenters. The number of hydrogen-bond donors (Lipinski definition) is 0. The van der Waals surface area contributed by atoms with Crippen LogP contribution in [0.4, 0.5) is 5.82 Å². The highest BCUT2D eigenvalue weighted by molar-refractivity contribution is 5.79. The van der Waals surface area contributed by atoms with Gasteiger partial charge in [0.1, 0.15) is 11.5 Å². The molecule has 6 nitrogen and oxygen atoms in total. The molecule has 24 heavy (non-hydrogen) atoms. The highest BCUT2D eigenvalue weighted by Gasteiger charge is 2.22. The summed E-state index contributed by atoms with van der Waals surface area (Å²) in [4.78, 5) is 16.5. The van der Waals surface area contributed by atoms with Gasteiger partial charge in [-0.1, -0.05) is 17.3 Å². The van der Waals surface area contributed by atoms with Gasteiger partial charge in [0, 0.05) is 32.2 Å². The summed E-state index contributed by atoms with van der Waals surface area (Å²) in [6.45, 7) is 7.46. The fourth-order valence-electron chi connectivity index (χ4n) is 2.84. The number of carbonyl (C=O) groups excluding carboxylic acids is 1. The van der Waals surface area contributed by atoms with Crippen LogP contribution in [0, 0.1) is 6.92 Å². The number of carbonyl (C=O) groups is 1. The number of benzene rings is 1. The van der Waals surface area contributed by atoms with Crippen LogP contribution in [0.5, 0.6) is 5.75 Å². The quantitative estimate of drug-likeness (QED) is 0.842. The molecule has 0 saturated carbocycles. The van der Waals surface area contributed by atoms with Gasteiger partial charge < -0.3 is 19.1 Å². The highest BCUT2D eigenvalue weighted by atomic mass is 16.5. The number of hydrogen-bond acceptors (Lipinski definition) is 5. The molecular formula is C18H23N3O3. The van der Waals surface area contributed by atoms with Gasteiger partial charge in [-0.2, -0.15) is 0 Å². The Morgan fingerprint density at radius 2 is 1.92 bits per heavy atom. The molecule has 6 heteroatoms. The lowest BCUT2D eigenvalue weighted by Crippen LogP contribution is -2.49. The minimum absolute atomic E-state index is 0.162. The number of anilines is 1. The van der Waals surface area contributed by atoms with Crippen molar-refractivity contribution in [3.05, 3.63) is 41.7 Å². The van der Waals surface area contributed by atoms with E-state index in [4.69, 9.17) is 9.26 Å². The Morgan fingerprint density at radius 3 is 2.50 bits per heavy atom. The van der Waals surface area contributed by atoms with Crippen LogP contribution in [0.1, 0.15) is 18.2 Å². The average molecular weight is 329 g/mol. The molecule has 3 rings (SSSR count). The third-order valence-corrected chi connectivity index (χ3v) is 4.16. The summed E-state index contributed by atoms with van der Waals surface area (Å²) < 4.78 is 10.5. The number of piperazine rings is 1. The maximum atomic E-state index is 12.5. The third kappa shape index (κ3) is 3.88. The summed E-state index contributed by atoms with van der Waals surface area (Å²) in [5, 5.41) is 4.04. The van der Waals surface area contributed by atoms with Crippen molar-refractivity contribution in [3.63, 3.8) is 0 Å². The van der Waals surface area contributed by atoms with Gasteiger partial charge in [-0.15, -0.1) is 0 Å². The molecule has 1 fully saturated rings. The zero-order valence-corrected chi connectivity index (χ0v) is 14.2. The number of nitrogens with zero attached hydrogens (tertiary/aromatic N) is 3. The summed E-state index contributed by atoms with van der Waals surface area (Å²) in [7, 11) is 0. The van der Waals surface area contributed by atoms with Gasteiger partial charge >= 0.3 is 0 Å². The van der Waals surface area contributed by atoms with Crippen molar-refractivity contribution in [2.24, 2.45) is 0 Å². The van der Waals surface area contributed by atoms with Crippen LogP contribution in [0.15, 0.2) is 34.9 Å². The topological polar surface area (TPSA) is 58.8 Å². The standard InChI is InChI=1S/C18H23N3O3/c1-3-23-16-6-4-15(5-7-16)13-18(22)21-10-8-20(9-11-21)17-12-14(2)24-19-17/h4-7,12H,3,8-11,13H2,1-2H3. The van der Waals surface area contributed by atoms with E-state index >= 15 is 0 Å². The minimum Gasteiger partial charge on any atom is -0.494 e. The van der Waals surface area contributed by atoms with E-state index in [1.807, 2.05) is 49.1 Å². The van der Waals surface area contributed by atoms with Crippen molar-refractivity contribution >= 4 is 11.7 Å². The number of amides is 1. The first-order valence-corrected chi connectivity index (χ1v) is 8.33. The molecule has 128 valence electrons. The van der Waals surface area contributed by atoms with Crippen LogP contribution in [-0.4, -0.2) is 48.7 Å². The molecule has 1 aromatic carbocycles. The molecule has 0 bridgehead atoms. The highest BCUT2D eigenvalue weighted by Crippen LogP contribution is 2.17. The van der Waals surface area contributed by atoms with Gasteiger partial charge in [0.25, 0.3) is 0 Å². The maximum Gasteiger partial charge on any atom is 0.227 e. The molecular weight excluding hydrogens is 306 g/mol. The molecule has 1 amide bonds. The largest absolute Gasteiger partial charge is 0.494 e. The summed E-state index contributed by atoms with van der Waals surface area (Å²) in [5.74, 6) is 2.66. The molecule has 0 aliphatic carbocycles. The second kappa shape index (κ2) is 7.38. The molecule has 0 spiro atoms. The van der Waals surface area contributed by atoms with E-state index in [1.54, 1.807) is 0 Å². The Hall–Kier alpha value is -2.50. The van der Waals surface area contributed by atoms with Crippen LogP contribution in [-0.2, 0) is 11.2 Å². The van der Waals surface area contributed by atoms with Crippen LogP contribution < -0.4 is 9.64 Å². The lowest BCUT2D eigenvalue weighted by molar-refractivity contribution is -0.130. The van der Waals surface area contributed by atoms with Gasteiger partial charge in [0.05, 0.1) is 13.0 Å². The minimum atomic E-state index is 0.162. The average Bonchev–Trinajstić information content (AvgIpc) is 3.03. The zero-order valence-electron chi connectivity index (χ0n) is 14.2.